The van der Waals surface area contributed by atoms with Crippen LogP contribution in [-0.2, 0) is 14.4 Å². The molecule has 1 aromatic carbocycles. The van der Waals surface area contributed by atoms with Gasteiger partial charge in [-0.25, -0.2) is 4.79 Å². The van der Waals surface area contributed by atoms with Crippen LogP contribution >= 0.6 is 0 Å². The molecule has 0 radical (unpaired) electrons. The number of carbonyl (C=O) groups is 2. The third-order valence-electron chi connectivity index (χ3n) is 2.33. The van der Waals surface area contributed by atoms with Crippen molar-refractivity contribution in [3.63, 3.8) is 0 Å². The van der Waals surface area contributed by atoms with Crippen molar-refractivity contribution in [3.8, 4) is 5.75 Å². The minimum absolute atomic E-state index is 0.0217. The number of carboxylic acid groups (broad SMARTS) is 1. The Labute approximate surface area is 124 Å². The Morgan fingerprint density at radius 3 is 2.59 bits per heavy atom. The second-order valence-electron chi connectivity index (χ2n) is 3.94. The van der Waals surface area contributed by atoms with E-state index >= 15 is 0 Å². The fourth-order valence-corrected chi connectivity index (χ4v) is 1.39. The first-order chi connectivity index (χ1) is 10.7. The van der Waals surface area contributed by atoms with E-state index in [9.17, 15) is 9.59 Å². The van der Waals surface area contributed by atoms with Gasteiger partial charge in [0.05, 0.1) is 6.26 Å². The standard InChI is InChI=1S/C14H12N2O6/c17-12(15-22-10-5-2-1-3-6-10)9-21-16-13(14(18)19)11-7-4-8-20-11/h1-8H,9H2,(H,15,17)(H,18,19). The zero-order valence-corrected chi connectivity index (χ0v) is 11.3. The van der Waals surface area contributed by atoms with E-state index in [0.29, 0.717) is 5.75 Å². The van der Waals surface area contributed by atoms with Crippen LogP contribution in [0.4, 0.5) is 0 Å². The zero-order chi connectivity index (χ0) is 15.8. The lowest BCUT2D eigenvalue weighted by molar-refractivity contribution is -0.133. The minimum atomic E-state index is -1.34. The first kappa shape index (κ1) is 15.1. The SMILES string of the molecule is O=C(CON=C(C(=O)O)c1ccco1)NOc1ccccc1. The first-order valence-corrected chi connectivity index (χ1v) is 6.14. The van der Waals surface area contributed by atoms with Crippen LogP contribution < -0.4 is 10.3 Å². The van der Waals surface area contributed by atoms with Crippen molar-refractivity contribution in [1.82, 2.24) is 5.48 Å². The van der Waals surface area contributed by atoms with Crippen LogP contribution in [0, 0.1) is 0 Å². The van der Waals surface area contributed by atoms with Gasteiger partial charge in [0, 0.05) is 0 Å². The van der Waals surface area contributed by atoms with Crippen molar-refractivity contribution in [1.29, 1.82) is 0 Å². The highest BCUT2D eigenvalue weighted by Crippen LogP contribution is 2.06. The number of carboxylic acids is 1. The van der Waals surface area contributed by atoms with Crippen molar-refractivity contribution < 1.29 is 28.8 Å². The van der Waals surface area contributed by atoms with E-state index in [4.69, 9.17) is 14.4 Å². The molecule has 0 spiro atoms. The summed E-state index contributed by atoms with van der Waals surface area (Å²) < 4.78 is 4.90. The summed E-state index contributed by atoms with van der Waals surface area (Å²) in [4.78, 5) is 32.1. The molecule has 0 saturated heterocycles. The van der Waals surface area contributed by atoms with Gasteiger partial charge in [-0.05, 0) is 24.3 Å². The van der Waals surface area contributed by atoms with Gasteiger partial charge >= 0.3 is 5.97 Å². The number of benzene rings is 1. The second kappa shape index (κ2) is 7.48. The molecule has 1 heterocycles. The molecule has 0 aliphatic rings. The highest BCUT2D eigenvalue weighted by molar-refractivity contribution is 6.41. The van der Waals surface area contributed by atoms with E-state index in [1.807, 2.05) is 0 Å². The Kier molecular flexibility index (Phi) is 5.14. The average molecular weight is 304 g/mol. The maximum atomic E-state index is 11.5. The lowest BCUT2D eigenvalue weighted by Gasteiger charge is -2.06. The van der Waals surface area contributed by atoms with Gasteiger partial charge in [0.1, 0.15) is 0 Å². The molecule has 22 heavy (non-hydrogen) atoms. The van der Waals surface area contributed by atoms with Gasteiger partial charge in [-0.3, -0.25) is 4.79 Å². The largest absolute Gasteiger partial charge is 0.476 e. The number of amides is 1. The molecular formula is C14H12N2O6. The summed E-state index contributed by atoms with van der Waals surface area (Å²) in [7, 11) is 0. The minimum Gasteiger partial charge on any atom is -0.476 e. The number of carbonyl (C=O) groups excluding carboxylic acids is 1. The Morgan fingerprint density at radius 2 is 1.95 bits per heavy atom. The van der Waals surface area contributed by atoms with Crippen LogP contribution in [-0.4, -0.2) is 29.3 Å². The highest BCUT2D eigenvalue weighted by Gasteiger charge is 2.16. The Balaban J connectivity index is 1.82. The lowest BCUT2D eigenvalue weighted by atomic mass is 10.3. The molecule has 0 unspecified atom stereocenters. The normalized spacial score (nSPS) is 10.8. The quantitative estimate of drug-likeness (QED) is 0.587. The van der Waals surface area contributed by atoms with E-state index < -0.39 is 24.2 Å². The second-order valence-corrected chi connectivity index (χ2v) is 3.94. The number of furan rings is 1. The molecule has 2 rings (SSSR count). The van der Waals surface area contributed by atoms with Crippen molar-refractivity contribution in [2.45, 2.75) is 0 Å². The lowest BCUT2D eigenvalue weighted by Crippen LogP contribution is -2.30. The molecule has 0 aliphatic heterocycles. The Hall–Kier alpha value is -3.29. The molecule has 114 valence electrons. The number of hydrogen-bond donors (Lipinski definition) is 2. The fraction of sp³-hybridized carbons (Fsp3) is 0.0714. The monoisotopic (exact) mass is 304 g/mol. The Morgan fingerprint density at radius 1 is 1.18 bits per heavy atom. The summed E-state index contributed by atoms with van der Waals surface area (Å²) in [5, 5.41) is 12.3. The van der Waals surface area contributed by atoms with E-state index in [1.54, 1.807) is 30.3 Å². The number of nitrogens with zero attached hydrogens (tertiary/aromatic N) is 1. The summed E-state index contributed by atoms with van der Waals surface area (Å²) in [6.07, 6.45) is 1.30. The maximum Gasteiger partial charge on any atom is 0.361 e. The highest BCUT2D eigenvalue weighted by atomic mass is 16.7. The van der Waals surface area contributed by atoms with Crippen molar-refractivity contribution in [3.05, 3.63) is 54.5 Å². The zero-order valence-electron chi connectivity index (χ0n) is 11.3. The predicted molar refractivity (Wildman–Crippen MR) is 74.0 cm³/mol. The summed E-state index contributed by atoms with van der Waals surface area (Å²) >= 11 is 0. The van der Waals surface area contributed by atoms with Crippen molar-refractivity contribution in [2.75, 3.05) is 6.61 Å². The van der Waals surface area contributed by atoms with Crippen LogP contribution in [0.25, 0.3) is 0 Å². The van der Waals surface area contributed by atoms with Crippen LogP contribution in [0.15, 0.2) is 58.3 Å². The topological polar surface area (TPSA) is 110 Å². The maximum absolute atomic E-state index is 11.5. The van der Waals surface area contributed by atoms with Crippen LogP contribution in [0.3, 0.4) is 0 Å². The molecular weight excluding hydrogens is 292 g/mol. The number of aliphatic carboxylic acids is 1. The molecule has 1 aromatic heterocycles. The fourth-order valence-electron chi connectivity index (χ4n) is 1.39. The summed E-state index contributed by atoms with van der Waals surface area (Å²) in [6, 6.07) is 11.5. The molecule has 8 heteroatoms. The molecule has 0 aliphatic carbocycles. The van der Waals surface area contributed by atoms with Gasteiger partial charge in [0.2, 0.25) is 5.71 Å². The summed E-state index contributed by atoms with van der Waals surface area (Å²) in [6.45, 7) is -0.510. The van der Waals surface area contributed by atoms with Gasteiger partial charge < -0.3 is 19.2 Å². The summed E-state index contributed by atoms with van der Waals surface area (Å²) in [5.41, 5.74) is 1.69. The number of rotatable bonds is 7. The number of hydrogen-bond acceptors (Lipinski definition) is 6. The molecule has 0 bridgehead atoms. The van der Waals surface area contributed by atoms with Crippen LogP contribution in [0.2, 0.25) is 0 Å². The van der Waals surface area contributed by atoms with Gasteiger partial charge in [0.15, 0.2) is 18.1 Å². The molecule has 2 aromatic rings. The number of nitrogens with one attached hydrogen (secondary N) is 1. The van der Waals surface area contributed by atoms with Gasteiger partial charge in [-0.15, -0.1) is 0 Å². The van der Waals surface area contributed by atoms with Gasteiger partial charge in [-0.1, -0.05) is 23.4 Å². The third kappa shape index (κ3) is 4.37. The summed E-state index contributed by atoms with van der Waals surface area (Å²) in [5.74, 6) is -1.50. The molecule has 0 fully saturated rings. The first-order valence-electron chi connectivity index (χ1n) is 6.14. The van der Waals surface area contributed by atoms with E-state index in [-0.39, 0.29) is 5.76 Å². The number of oxime groups is 1. The van der Waals surface area contributed by atoms with Crippen molar-refractivity contribution in [2.24, 2.45) is 5.16 Å². The van der Waals surface area contributed by atoms with E-state index in [0.717, 1.165) is 0 Å². The van der Waals surface area contributed by atoms with Crippen LogP contribution in [0.1, 0.15) is 5.76 Å². The predicted octanol–water partition coefficient (Wildman–Crippen LogP) is 1.20. The van der Waals surface area contributed by atoms with Crippen molar-refractivity contribution >= 4 is 17.6 Å². The molecule has 2 N–H and O–H groups in total. The molecule has 1 amide bonds. The van der Waals surface area contributed by atoms with Crippen LogP contribution in [0.5, 0.6) is 5.75 Å². The smallest absolute Gasteiger partial charge is 0.361 e. The molecule has 0 atom stereocenters. The Bertz CT molecular complexity index is 651. The molecule has 0 saturated carbocycles. The number of para-hydroxylation sites is 1. The van der Waals surface area contributed by atoms with Gasteiger partial charge in [0.25, 0.3) is 5.91 Å². The van der Waals surface area contributed by atoms with E-state index in [2.05, 4.69) is 15.5 Å². The number of hydroxylamine groups is 1. The van der Waals surface area contributed by atoms with Gasteiger partial charge in [-0.2, -0.15) is 5.48 Å². The molecule has 8 nitrogen and oxygen atoms in total. The van der Waals surface area contributed by atoms with E-state index in [1.165, 1.54) is 18.4 Å². The third-order valence-corrected chi connectivity index (χ3v) is 2.33. The average Bonchev–Trinajstić information content (AvgIpc) is 3.04.